The van der Waals surface area contributed by atoms with Gasteiger partial charge >= 0.3 is 0 Å². The summed E-state index contributed by atoms with van der Waals surface area (Å²) in [6.07, 6.45) is 1.94. The molecule has 0 bridgehead atoms. The van der Waals surface area contributed by atoms with Gasteiger partial charge in [-0.25, -0.2) is 0 Å². The van der Waals surface area contributed by atoms with Crippen LogP contribution in [-0.4, -0.2) is 6.04 Å². The Balaban J connectivity index is 2.00. The van der Waals surface area contributed by atoms with E-state index >= 15 is 0 Å². The maximum atomic E-state index is 6.03. The Kier molecular flexibility index (Phi) is 6.34. The molecule has 0 fully saturated rings. The van der Waals surface area contributed by atoms with E-state index in [0.29, 0.717) is 0 Å². The number of thioether (sulfide) groups is 1. The Morgan fingerprint density at radius 1 is 1.19 bits per heavy atom. The smallest absolute Gasteiger partial charge is 0.0232 e. The molecule has 0 spiro atoms. The van der Waals surface area contributed by atoms with Crippen LogP contribution in [0.1, 0.15) is 30.0 Å². The van der Waals surface area contributed by atoms with Crippen LogP contribution in [-0.2, 0) is 12.2 Å². The zero-order valence-corrected chi connectivity index (χ0v) is 15.0. The number of aryl methyl sites for hydroxylation is 1. The van der Waals surface area contributed by atoms with Crippen LogP contribution in [0.5, 0.6) is 0 Å². The molecule has 0 aliphatic heterocycles. The van der Waals surface area contributed by atoms with Crippen LogP contribution in [0.15, 0.2) is 51.8 Å². The van der Waals surface area contributed by atoms with Crippen LogP contribution >= 0.6 is 27.7 Å². The van der Waals surface area contributed by atoms with Gasteiger partial charge in [0.05, 0.1) is 0 Å². The van der Waals surface area contributed by atoms with Crippen molar-refractivity contribution < 1.29 is 0 Å². The Hall–Kier alpha value is -0.770. The summed E-state index contributed by atoms with van der Waals surface area (Å²) >= 11 is 5.54. The number of halogens is 1. The maximum absolute atomic E-state index is 6.03. The van der Waals surface area contributed by atoms with Gasteiger partial charge in [-0.2, -0.15) is 0 Å². The van der Waals surface area contributed by atoms with Crippen molar-refractivity contribution in [2.24, 2.45) is 5.73 Å². The number of nitrogens with two attached hydrogens (primary N) is 1. The van der Waals surface area contributed by atoms with Crippen LogP contribution in [0, 0.1) is 6.92 Å². The Morgan fingerprint density at radius 2 is 2.00 bits per heavy atom. The Morgan fingerprint density at radius 3 is 2.67 bits per heavy atom. The van der Waals surface area contributed by atoms with Crippen LogP contribution in [0.3, 0.4) is 0 Å². The van der Waals surface area contributed by atoms with Gasteiger partial charge in [-0.1, -0.05) is 58.7 Å². The fourth-order valence-corrected chi connectivity index (χ4v) is 3.75. The molecule has 2 aromatic carbocycles. The maximum Gasteiger partial charge on any atom is 0.0232 e. The summed E-state index contributed by atoms with van der Waals surface area (Å²) in [4.78, 5) is 1.29. The predicted molar refractivity (Wildman–Crippen MR) is 96.9 cm³/mol. The van der Waals surface area contributed by atoms with Crippen LogP contribution in [0.2, 0.25) is 0 Å². The van der Waals surface area contributed by atoms with Gasteiger partial charge in [-0.3, -0.25) is 0 Å². The minimum atomic E-state index is 0.243. The lowest BCUT2D eigenvalue weighted by molar-refractivity contribution is 0.645. The summed E-state index contributed by atoms with van der Waals surface area (Å²) in [5, 5.41) is 0. The summed E-state index contributed by atoms with van der Waals surface area (Å²) < 4.78 is 1.17. The lowest BCUT2D eigenvalue weighted by atomic mass is 10.1. The van der Waals surface area contributed by atoms with E-state index in [1.54, 1.807) is 0 Å². The van der Waals surface area contributed by atoms with E-state index in [0.717, 1.165) is 18.6 Å². The quantitative estimate of drug-likeness (QED) is 0.701. The summed E-state index contributed by atoms with van der Waals surface area (Å²) in [5.74, 6) is 1.00. The van der Waals surface area contributed by atoms with E-state index in [-0.39, 0.29) is 6.04 Å². The second kappa shape index (κ2) is 8.02. The van der Waals surface area contributed by atoms with Gasteiger partial charge in [-0.05, 0) is 43.0 Å². The van der Waals surface area contributed by atoms with Crippen molar-refractivity contribution in [3.8, 4) is 0 Å². The van der Waals surface area contributed by atoms with Gasteiger partial charge in [-0.15, -0.1) is 11.8 Å². The largest absolute Gasteiger partial charge is 0.327 e. The van der Waals surface area contributed by atoms with Crippen molar-refractivity contribution in [1.29, 1.82) is 0 Å². The molecule has 1 nitrogen and oxygen atoms in total. The minimum Gasteiger partial charge on any atom is -0.327 e. The first-order chi connectivity index (χ1) is 10.1. The number of rotatable bonds is 6. The second-order valence-corrected chi connectivity index (χ2v) is 7.31. The average molecular weight is 364 g/mol. The summed E-state index contributed by atoms with van der Waals surface area (Å²) in [6, 6.07) is 15.5. The zero-order chi connectivity index (χ0) is 15.2. The highest BCUT2D eigenvalue weighted by molar-refractivity contribution is 9.10. The predicted octanol–water partition coefficient (Wildman–Crippen LogP) is 5.33. The molecule has 3 heteroatoms. The number of hydrogen-bond acceptors (Lipinski definition) is 2. The summed E-state index contributed by atoms with van der Waals surface area (Å²) in [7, 11) is 0. The average Bonchev–Trinajstić information content (AvgIpc) is 2.47. The first kappa shape index (κ1) is 16.6. The third-order valence-corrected chi connectivity index (χ3v) is 5.32. The number of benzene rings is 2. The molecule has 2 rings (SSSR count). The molecule has 0 aromatic heterocycles. The Labute approximate surface area is 140 Å². The van der Waals surface area contributed by atoms with E-state index in [9.17, 15) is 0 Å². The Bertz CT molecular complexity index is 598. The molecule has 21 heavy (non-hydrogen) atoms. The SMILES string of the molecule is CCC(N)Cc1ccc(SCc2cccc(C)c2)cc1Br. The zero-order valence-electron chi connectivity index (χ0n) is 12.6. The highest BCUT2D eigenvalue weighted by Gasteiger charge is 2.06. The fourth-order valence-electron chi connectivity index (χ4n) is 2.18. The molecule has 1 unspecified atom stereocenters. The van der Waals surface area contributed by atoms with E-state index in [1.165, 1.54) is 26.1 Å². The summed E-state index contributed by atoms with van der Waals surface area (Å²) in [6.45, 7) is 4.27. The molecule has 2 N–H and O–H groups in total. The third kappa shape index (κ3) is 5.17. The molecule has 0 saturated carbocycles. The van der Waals surface area contributed by atoms with Crippen molar-refractivity contribution in [3.05, 3.63) is 63.6 Å². The molecule has 0 radical (unpaired) electrons. The standard InChI is InChI=1S/C18H22BrNS/c1-3-16(20)10-15-7-8-17(11-18(15)19)21-12-14-6-4-5-13(2)9-14/h4-9,11,16H,3,10,12,20H2,1-2H3. The van der Waals surface area contributed by atoms with Crippen molar-refractivity contribution in [2.75, 3.05) is 0 Å². The van der Waals surface area contributed by atoms with Gasteiger partial charge in [0, 0.05) is 21.2 Å². The molecule has 0 heterocycles. The van der Waals surface area contributed by atoms with Crippen LogP contribution < -0.4 is 5.73 Å². The highest BCUT2D eigenvalue weighted by atomic mass is 79.9. The minimum absolute atomic E-state index is 0.243. The number of hydrogen-bond donors (Lipinski definition) is 1. The monoisotopic (exact) mass is 363 g/mol. The molecule has 0 aliphatic carbocycles. The van der Waals surface area contributed by atoms with E-state index < -0.39 is 0 Å². The normalized spacial score (nSPS) is 12.4. The highest BCUT2D eigenvalue weighted by Crippen LogP contribution is 2.28. The lowest BCUT2D eigenvalue weighted by Gasteiger charge is -2.11. The molecule has 2 aromatic rings. The van der Waals surface area contributed by atoms with E-state index in [4.69, 9.17) is 5.73 Å². The van der Waals surface area contributed by atoms with Crippen molar-refractivity contribution in [3.63, 3.8) is 0 Å². The first-order valence-corrected chi connectivity index (χ1v) is 9.08. The van der Waals surface area contributed by atoms with Gasteiger partial charge in [0.2, 0.25) is 0 Å². The van der Waals surface area contributed by atoms with E-state index in [1.807, 2.05) is 11.8 Å². The van der Waals surface area contributed by atoms with Crippen molar-refractivity contribution in [2.45, 2.75) is 43.4 Å². The first-order valence-electron chi connectivity index (χ1n) is 7.31. The van der Waals surface area contributed by atoms with Crippen LogP contribution in [0.25, 0.3) is 0 Å². The molecule has 0 amide bonds. The second-order valence-electron chi connectivity index (χ2n) is 5.40. The van der Waals surface area contributed by atoms with Gasteiger partial charge in [0.15, 0.2) is 0 Å². The molecular weight excluding hydrogens is 342 g/mol. The molecule has 0 aliphatic rings. The summed E-state index contributed by atoms with van der Waals surface area (Å²) in [5.41, 5.74) is 10.0. The molecule has 1 atom stereocenters. The molecule has 112 valence electrons. The van der Waals surface area contributed by atoms with Gasteiger partial charge in [0.1, 0.15) is 0 Å². The molecular formula is C18H22BrNS. The topological polar surface area (TPSA) is 26.0 Å². The van der Waals surface area contributed by atoms with Crippen LogP contribution in [0.4, 0.5) is 0 Å². The van der Waals surface area contributed by atoms with Crippen molar-refractivity contribution in [1.82, 2.24) is 0 Å². The third-order valence-electron chi connectivity index (χ3n) is 3.52. The fraction of sp³-hybridized carbons (Fsp3) is 0.333. The van der Waals surface area contributed by atoms with E-state index in [2.05, 4.69) is 72.2 Å². The van der Waals surface area contributed by atoms with Gasteiger partial charge in [0.25, 0.3) is 0 Å². The molecule has 0 saturated heterocycles. The van der Waals surface area contributed by atoms with Crippen molar-refractivity contribution >= 4 is 27.7 Å². The van der Waals surface area contributed by atoms with Gasteiger partial charge < -0.3 is 5.73 Å². The lowest BCUT2D eigenvalue weighted by Crippen LogP contribution is -2.21.